The molecule has 3 heteroatoms. The number of thioether (sulfide) groups is 1. The molecule has 0 amide bonds. The number of aromatic nitrogens is 1. The van der Waals surface area contributed by atoms with Crippen molar-refractivity contribution in [1.29, 1.82) is 0 Å². The molecule has 0 aliphatic carbocycles. The summed E-state index contributed by atoms with van der Waals surface area (Å²) in [6, 6.07) is 6.51. The highest BCUT2D eigenvalue weighted by atomic mass is 79.9. The van der Waals surface area contributed by atoms with Crippen molar-refractivity contribution in [2.24, 2.45) is 0 Å². The number of rotatable bonds is 3. The lowest BCUT2D eigenvalue weighted by molar-refractivity contribution is 0.795. The Balaban J connectivity index is 2.64. The summed E-state index contributed by atoms with van der Waals surface area (Å²) in [5, 5.41) is 1.38. The van der Waals surface area contributed by atoms with Crippen LogP contribution in [0.3, 0.4) is 0 Å². The summed E-state index contributed by atoms with van der Waals surface area (Å²) >= 11 is 5.40. The minimum atomic E-state index is 1.03. The maximum Gasteiger partial charge on any atom is 0.0484 e. The van der Waals surface area contributed by atoms with Gasteiger partial charge in [-0.25, -0.2) is 0 Å². The van der Waals surface area contributed by atoms with E-state index in [-0.39, 0.29) is 0 Å². The van der Waals surface area contributed by atoms with E-state index in [2.05, 4.69) is 58.1 Å². The number of nitrogens with zero attached hydrogens (tertiary/aromatic N) is 1. The molecular formula is C12H14BrNS. The van der Waals surface area contributed by atoms with E-state index in [0.717, 1.165) is 16.8 Å². The van der Waals surface area contributed by atoms with Crippen LogP contribution in [-0.4, -0.2) is 10.8 Å². The molecule has 0 bridgehead atoms. The van der Waals surface area contributed by atoms with E-state index in [1.165, 1.54) is 16.5 Å². The average Bonchev–Trinajstić information content (AvgIpc) is 2.57. The summed E-state index contributed by atoms with van der Waals surface area (Å²) in [6.07, 6.45) is 4.42. The molecule has 2 rings (SSSR count). The lowest BCUT2D eigenvalue weighted by Gasteiger charge is -1.99. The van der Waals surface area contributed by atoms with Crippen LogP contribution in [0.4, 0.5) is 0 Å². The number of benzene rings is 1. The van der Waals surface area contributed by atoms with E-state index in [0.29, 0.717) is 0 Å². The third-order valence-electron chi connectivity index (χ3n) is 2.57. The Morgan fingerprint density at radius 1 is 1.40 bits per heavy atom. The van der Waals surface area contributed by atoms with E-state index >= 15 is 0 Å². The number of hydrogen-bond acceptors (Lipinski definition) is 1. The maximum atomic E-state index is 3.53. The highest BCUT2D eigenvalue weighted by Gasteiger charge is 2.07. The summed E-state index contributed by atoms with van der Waals surface area (Å²) in [5.74, 6) is 1.08. The number of halogens is 1. The summed E-state index contributed by atoms with van der Waals surface area (Å²) in [7, 11) is 0. The molecule has 1 aromatic heterocycles. The van der Waals surface area contributed by atoms with Gasteiger partial charge in [0.05, 0.1) is 0 Å². The van der Waals surface area contributed by atoms with Crippen LogP contribution in [0.5, 0.6) is 0 Å². The molecule has 0 fully saturated rings. The van der Waals surface area contributed by atoms with E-state index in [9.17, 15) is 0 Å². The molecule has 0 atom stereocenters. The van der Waals surface area contributed by atoms with Gasteiger partial charge in [0.15, 0.2) is 0 Å². The topological polar surface area (TPSA) is 4.93 Å². The van der Waals surface area contributed by atoms with Crippen molar-refractivity contribution in [2.75, 3.05) is 6.26 Å². The van der Waals surface area contributed by atoms with Crippen LogP contribution >= 0.6 is 27.7 Å². The van der Waals surface area contributed by atoms with Crippen molar-refractivity contribution in [2.45, 2.75) is 19.2 Å². The van der Waals surface area contributed by atoms with Gasteiger partial charge in [0, 0.05) is 33.9 Å². The molecule has 0 saturated heterocycles. The first kappa shape index (κ1) is 11.1. The Labute approximate surface area is 103 Å². The summed E-state index contributed by atoms with van der Waals surface area (Å²) in [4.78, 5) is 0. The quantitative estimate of drug-likeness (QED) is 0.814. The zero-order valence-electron chi connectivity index (χ0n) is 8.96. The monoisotopic (exact) mass is 283 g/mol. The summed E-state index contributed by atoms with van der Waals surface area (Å²) in [6.45, 7) is 3.22. The van der Waals surface area contributed by atoms with E-state index in [1.54, 1.807) is 0 Å². The van der Waals surface area contributed by atoms with Gasteiger partial charge in [-0.05, 0) is 36.9 Å². The van der Waals surface area contributed by atoms with Gasteiger partial charge in [0.25, 0.3) is 0 Å². The Bertz CT molecular complexity index is 476. The lowest BCUT2D eigenvalue weighted by Crippen LogP contribution is -1.89. The van der Waals surface area contributed by atoms with Crippen molar-refractivity contribution < 1.29 is 0 Å². The predicted molar refractivity (Wildman–Crippen MR) is 72.5 cm³/mol. The largest absolute Gasteiger partial charge is 0.347 e. The molecule has 0 radical (unpaired) electrons. The molecule has 0 aliphatic heterocycles. The van der Waals surface area contributed by atoms with Gasteiger partial charge < -0.3 is 4.57 Å². The minimum Gasteiger partial charge on any atom is -0.347 e. The molecule has 1 aromatic carbocycles. The maximum absolute atomic E-state index is 3.53. The summed E-state index contributed by atoms with van der Waals surface area (Å²) in [5.41, 5.74) is 2.77. The van der Waals surface area contributed by atoms with Crippen LogP contribution in [-0.2, 0) is 12.3 Å². The van der Waals surface area contributed by atoms with Gasteiger partial charge in [-0.2, -0.15) is 11.8 Å². The standard InChI is InChI=1S/C12H14BrNS/c1-3-14-7-9(8-15-2)11-6-10(13)4-5-12(11)14/h4-7H,3,8H2,1-2H3. The van der Waals surface area contributed by atoms with Crippen molar-refractivity contribution in [1.82, 2.24) is 4.57 Å². The van der Waals surface area contributed by atoms with Gasteiger partial charge in [-0.15, -0.1) is 0 Å². The van der Waals surface area contributed by atoms with Gasteiger partial charge in [-0.3, -0.25) is 0 Å². The fourth-order valence-electron chi connectivity index (χ4n) is 1.88. The molecule has 80 valence electrons. The highest BCUT2D eigenvalue weighted by Crippen LogP contribution is 2.27. The van der Waals surface area contributed by atoms with Crippen molar-refractivity contribution in [3.63, 3.8) is 0 Å². The fraction of sp³-hybridized carbons (Fsp3) is 0.333. The number of hydrogen-bond donors (Lipinski definition) is 0. The SMILES string of the molecule is CCn1cc(CSC)c2cc(Br)ccc21. The molecule has 2 aromatic rings. The second-order valence-corrected chi connectivity index (χ2v) is 5.32. The van der Waals surface area contributed by atoms with Crippen LogP contribution < -0.4 is 0 Å². The van der Waals surface area contributed by atoms with Crippen LogP contribution in [0.2, 0.25) is 0 Å². The molecule has 1 nitrogen and oxygen atoms in total. The number of aryl methyl sites for hydroxylation is 1. The zero-order chi connectivity index (χ0) is 10.8. The van der Waals surface area contributed by atoms with E-state index < -0.39 is 0 Å². The molecule has 0 aliphatic rings. The smallest absolute Gasteiger partial charge is 0.0484 e. The molecule has 15 heavy (non-hydrogen) atoms. The summed E-state index contributed by atoms with van der Waals surface area (Å²) < 4.78 is 3.47. The first-order chi connectivity index (χ1) is 7.26. The molecule has 0 N–H and O–H groups in total. The predicted octanol–water partition coefficient (Wildman–Crippen LogP) is 4.29. The average molecular weight is 284 g/mol. The zero-order valence-corrected chi connectivity index (χ0v) is 11.4. The second-order valence-electron chi connectivity index (χ2n) is 3.53. The van der Waals surface area contributed by atoms with Gasteiger partial charge in [-0.1, -0.05) is 15.9 Å². The van der Waals surface area contributed by atoms with E-state index in [1.807, 2.05) is 11.8 Å². The number of fused-ring (bicyclic) bond motifs is 1. The third kappa shape index (κ3) is 2.08. The molecule has 1 heterocycles. The first-order valence-electron chi connectivity index (χ1n) is 5.02. The second kappa shape index (κ2) is 4.62. The molecule has 0 unspecified atom stereocenters. The highest BCUT2D eigenvalue weighted by molar-refractivity contribution is 9.10. The van der Waals surface area contributed by atoms with Crippen LogP contribution in [0.1, 0.15) is 12.5 Å². The van der Waals surface area contributed by atoms with Crippen molar-refractivity contribution >= 4 is 38.6 Å². The Morgan fingerprint density at radius 3 is 2.87 bits per heavy atom. The van der Waals surface area contributed by atoms with Crippen molar-refractivity contribution in [3.8, 4) is 0 Å². The Morgan fingerprint density at radius 2 is 2.20 bits per heavy atom. The van der Waals surface area contributed by atoms with Crippen molar-refractivity contribution in [3.05, 3.63) is 34.4 Å². The minimum absolute atomic E-state index is 1.03. The molecule has 0 saturated carbocycles. The molecule has 0 spiro atoms. The van der Waals surface area contributed by atoms with Crippen LogP contribution in [0.25, 0.3) is 10.9 Å². The third-order valence-corrected chi connectivity index (χ3v) is 3.66. The fourth-order valence-corrected chi connectivity index (χ4v) is 2.78. The van der Waals surface area contributed by atoms with Gasteiger partial charge in [0.1, 0.15) is 0 Å². The van der Waals surface area contributed by atoms with E-state index in [4.69, 9.17) is 0 Å². The van der Waals surface area contributed by atoms with Crippen LogP contribution in [0.15, 0.2) is 28.9 Å². The van der Waals surface area contributed by atoms with Crippen LogP contribution in [0, 0.1) is 0 Å². The molecular weight excluding hydrogens is 270 g/mol. The lowest BCUT2D eigenvalue weighted by atomic mass is 10.2. The van der Waals surface area contributed by atoms with Gasteiger partial charge in [0.2, 0.25) is 0 Å². The normalized spacial score (nSPS) is 11.1. The van der Waals surface area contributed by atoms with Gasteiger partial charge >= 0.3 is 0 Å². The first-order valence-corrected chi connectivity index (χ1v) is 7.21. The Hall–Kier alpha value is -0.410. The Kier molecular flexibility index (Phi) is 3.42.